The van der Waals surface area contributed by atoms with Crippen LogP contribution in [-0.2, 0) is 0 Å². The third kappa shape index (κ3) is 1.99. The maximum absolute atomic E-state index is 12.2. The SMILES string of the molecule is CC(C)c1c2ncccc2c(-c2ccccc2)n[n+]1[O-]. The normalized spacial score (nSPS) is 11.2. The lowest BCUT2D eigenvalue weighted by Crippen LogP contribution is -2.38. The summed E-state index contributed by atoms with van der Waals surface area (Å²) >= 11 is 0. The van der Waals surface area contributed by atoms with E-state index in [1.165, 1.54) is 0 Å². The molecule has 4 nitrogen and oxygen atoms in total. The highest BCUT2D eigenvalue weighted by Gasteiger charge is 2.22. The van der Waals surface area contributed by atoms with Crippen molar-refractivity contribution in [3.05, 3.63) is 59.6 Å². The monoisotopic (exact) mass is 265 g/mol. The summed E-state index contributed by atoms with van der Waals surface area (Å²) in [6.07, 6.45) is 1.71. The Balaban J connectivity index is 2.38. The van der Waals surface area contributed by atoms with Gasteiger partial charge in [0.15, 0.2) is 0 Å². The van der Waals surface area contributed by atoms with Gasteiger partial charge in [0, 0.05) is 28.2 Å². The smallest absolute Gasteiger partial charge is 0.250 e. The van der Waals surface area contributed by atoms with Crippen LogP contribution in [0.15, 0.2) is 48.7 Å². The zero-order chi connectivity index (χ0) is 14.1. The van der Waals surface area contributed by atoms with Crippen molar-refractivity contribution in [1.29, 1.82) is 0 Å². The van der Waals surface area contributed by atoms with Crippen LogP contribution in [0, 0.1) is 5.21 Å². The van der Waals surface area contributed by atoms with Crippen LogP contribution in [0.25, 0.3) is 22.2 Å². The van der Waals surface area contributed by atoms with E-state index < -0.39 is 0 Å². The van der Waals surface area contributed by atoms with Gasteiger partial charge in [-0.15, -0.1) is 0 Å². The molecule has 0 aliphatic rings. The molecule has 4 heteroatoms. The highest BCUT2D eigenvalue weighted by Crippen LogP contribution is 2.27. The summed E-state index contributed by atoms with van der Waals surface area (Å²) < 4.78 is 0. The van der Waals surface area contributed by atoms with E-state index in [4.69, 9.17) is 0 Å². The maximum atomic E-state index is 12.2. The number of fused-ring (bicyclic) bond motifs is 1. The van der Waals surface area contributed by atoms with Gasteiger partial charge in [0.1, 0.15) is 11.2 Å². The summed E-state index contributed by atoms with van der Waals surface area (Å²) in [6, 6.07) is 13.5. The minimum atomic E-state index is 0.0715. The molecule has 0 fully saturated rings. The summed E-state index contributed by atoms with van der Waals surface area (Å²) in [5, 5.41) is 17.4. The average molecular weight is 265 g/mol. The molecule has 0 radical (unpaired) electrons. The van der Waals surface area contributed by atoms with Crippen LogP contribution < -0.4 is 4.85 Å². The van der Waals surface area contributed by atoms with Crippen molar-refractivity contribution in [3.63, 3.8) is 0 Å². The molecule has 2 aromatic heterocycles. The first-order valence-electron chi connectivity index (χ1n) is 6.62. The lowest BCUT2D eigenvalue weighted by molar-refractivity contribution is -0.675. The Bertz CT molecular complexity index is 754. The van der Waals surface area contributed by atoms with E-state index in [0.717, 1.165) is 16.5 Å². The predicted molar refractivity (Wildman–Crippen MR) is 78.0 cm³/mol. The topological polar surface area (TPSA) is 52.7 Å². The molecule has 0 amide bonds. The van der Waals surface area contributed by atoms with Crippen molar-refractivity contribution >= 4 is 10.9 Å². The summed E-state index contributed by atoms with van der Waals surface area (Å²) in [5.41, 5.74) is 2.94. The van der Waals surface area contributed by atoms with Gasteiger partial charge in [-0.05, 0) is 12.1 Å². The summed E-state index contributed by atoms with van der Waals surface area (Å²) in [4.78, 5) is 5.10. The summed E-state index contributed by atoms with van der Waals surface area (Å²) in [7, 11) is 0. The molecule has 3 aromatic rings. The molecule has 0 unspecified atom stereocenters. The standard InChI is InChI=1S/C16H15N3O/c1-11(2)16-15-13(9-6-10-17-15)14(18-19(16)20)12-7-4-3-5-8-12/h3-11H,1-2H3. The highest BCUT2D eigenvalue weighted by molar-refractivity contribution is 5.92. The van der Waals surface area contributed by atoms with Crippen LogP contribution >= 0.6 is 0 Å². The van der Waals surface area contributed by atoms with Gasteiger partial charge in [-0.25, -0.2) is 4.98 Å². The van der Waals surface area contributed by atoms with E-state index in [0.29, 0.717) is 16.2 Å². The van der Waals surface area contributed by atoms with Crippen LogP contribution in [0.4, 0.5) is 0 Å². The molecule has 3 rings (SSSR count). The molecular formula is C16H15N3O. The maximum Gasteiger partial charge on any atom is 0.250 e. The number of hydrogen-bond acceptors (Lipinski definition) is 3. The number of rotatable bonds is 2. The second kappa shape index (κ2) is 4.89. The van der Waals surface area contributed by atoms with Crippen LogP contribution in [-0.4, -0.2) is 10.1 Å². The molecule has 100 valence electrons. The molecule has 0 spiro atoms. The van der Waals surface area contributed by atoms with E-state index in [2.05, 4.69) is 10.1 Å². The Morgan fingerprint density at radius 1 is 1.05 bits per heavy atom. The fraction of sp³-hybridized carbons (Fsp3) is 0.188. The number of benzene rings is 1. The van der Waals surface area contributed by atoms with E-state index in [1.807, 2.05) is 56.3 Å². The van der Waals surface area contributed by atoms with Crippen LogP contribution in [0.3, 0.4) is 0 Å². The Kier molecular flexibility index (Phi) is 3.06. The second-order valence-corrected chi connectivity index (χ2v) is 5.03. The quantitative estimate of drug-likeness (QED) is 0.528. The third-order valence-corrected chi connectivity index (χ3v) is 3.30. The van der Waals surface area contributed by atoms with Gasteiger partial charge in [0.2, 0.25) is 5.69 Å². The van der Waals surface area contributed by atoms with Crippen molar-refractivity contribution in [3.8, 4) is 11.3 Å². The Labute approximate surface area is 117 Å². The Morgan fingerprint density at radius 3 is 2.50 bits per heavy atom. The number of aromatic nitrogens is 3. The van der Waals surface area contributed by atoms with E-state index in [-0.39, 0.29) is 5.92 Å². The third-order valence-electron chi connectivity index (χ3n) is 3.30. The molecule has 0 aliphatic carbocycles. The minimum Gasteiger partial charge on any atom is -0.594 e. The zero-order valence-electron chi connectivity index (χ0n) is 11.4. The van der Waals surface area contributed by atoms with Crippen molar-refractivity contribution in [1.82, 2.24) is 10.1 Å². The van der Waals surface area contributed by atoms with Crippen LogP contribution in [0.5, 0.6) is 0 Å². The van der Waals surface area contributed by atoms with Gasteiger partial charge in [-0.1, -0.05) is 49.0 Å². The van der Waals surface area contributed by atoms with Crippen LogP contribution in [0.1, 0.15) is 25.5 Å². The van der Waals surface area contributed by atoms with Crippen LogP contribution in [0.2, 0.25) is 0 Å². The van der Waals surface area contributed by atoms with Crippen molar-refractivity contribution in [2.45, 2.75) is 19.8 Å². The van der Waals surface area contributed by atoms with E-state index in [9.17, 15) is 5.21 Å². The zero-order valence-corrected chi connectivity index (χ0v) is 11.4. The molecule has 20 heavy (non-hydrogen) atoms. The van der Waals surface area contributed by atoms with Crippen molar-refractivity contribution < 1.29 is 4.85 Å². The first-order chi connectivity index (χ1) is 9.68. The van der Waals surface area contributed by atoms with Gasteiger partial charge in [0.25, 0.3) is 0 Å². The number of hydrogen-bond donors (Lipinski definition) is 0. The van der Waals surface area contributed by atoms with Crippen molar-refractivity contribution in [2.24, 2.45) is 0 Å². The largest absolute Gasteiger partial charge is 0.594 e. The highest BCUT2D eigenvalue weighted by atomic mass is 16.5. The van der Waals surface area contributed by atoms with Gasteiger partial charge in [0.05, 0.1) is 0 Å². The number of nitrogens with zero attached hydrogens (tertiary/aromatic N) is 3. The lowest BCUT2D eigenvalue weighted by Gasteiger charge is -2.10. The molecule has 0 aliphatic heterocycles. The van der Waals surface area contributed by atoms with Gasteiger partial charge < -0.3 is 5.21 Å². The molecule has 0 N–H and O–H groups in total. The van der Waals surface area contributed by atoms with E-state index in [1.54, 1.807) is 6.20 Å². The molecule has 0 atom stereocenters. The number of pyridine rings is 1. The van der Waals surface area contributed by atoms with Gasteiger partial charge in [-0.3, -0.25) is 0 Å². The minimum absolute atomic E-state index is 0.0715. The Morgan fingerprint density at radius 2 is 1.80 bits per heavy atom. The molecule has 1 aromatic carbocycles. The molecular weight excluding hydrogens is 250 g/mol. The molecule has 0 saturated carbocycles. The van der Waals surface area contributed by atoms with Gasteiger partial charge >= 0.3 is 0 Å². The summed E-state index contributed by atoms with van der Waals surface area (Å²) in [6.45, 7) is 3.95. The average Bonchev–Trinajstić information content (AvgIpc) is 2.47. The second-order valence-electron chi connectivity index (χ2n) is 5.03. The Hall–Kier alpha value is -2.49. The molecule has 0 saturated heterocycles. The predicted octanol–water partition coefficient (Wildman–Crippen LogP) is 3.05. The molecule has 2 heterocycles. The first kappa shape index (κ1) is 12.5. The van der Waals surface area contributed by atoms with Gasteiger partial charge in [-0.2, -0.15) is 0 Å². The molecule has 0 bridgehead atoms. The van der Waals surface area contributed by atoms with Crippen molar-refractivity contribution in [2.75, 3.05) is 0 Å². The summed E-state index contributed by atoms with van der Waals surface area (Å²) in [5.74, 6) is 0.0715. The first-order valence-corrected chi connectivity index (χ1v) is 6.62. The fourth-order valence-corrected chi connectivity index (χ4v) is 2.39. The van der Waals surface area contributed by atoms with E-state index >= 15 is 0 Å². The lowest BCUT2D eigenvalue weighted by atomic mass is 10.0. The fourth-order valence-electron chi connectivity index (χ4n) is 2.39.